The Morgan fingerprint density at radius 3 is 2.45 bits per heavy atom. The third kappa shape index (κ3) is 4.80. The smallest absolute Gasteiger partial charge is 0.345 e. The van der Waals surface area contributed by atoms with Gasteiger partial charge in [0.15, 0.2) is 11.5 Å². The van der Waals surface area contributed by atoms with E-state index >= 15 is 0 Å². The lowest BCUT2D eigenvalue weighted by molar-refractivity contribution is -0.114. The lowest BCUT2D eigenvalue weighted by Crippen LogP contribution is -2.42. The van der Waals surface area contributed by atoms with Crippen LogP contribution in [0.25, 0.3) is 0 Å². The van der Waals surface area contributed by atoms with Gasteiger partial charge in [0.2, 0.25) is 0 Å². The number of carbonyl (C=O) groups is 1. The van der Waals surface area contributed by atoms with Gasteiger partial charge in [-0.1, -0.05) is 11.6 Å². The molecule has 31 heavy (non-hydrogen) atoms. The van der Waals surface area contributed by atoms with Crippen molar-refractivity contribution in [2.75, 3.05) is 19.5 Å². The highest BCUT2D eigenvalue weighted by atomic mass is 35.5. The summed E-state index contributed by atoms with van der Waals surface area (Å²) in [7, 11) is -1.22. The number of hydrogen-bond donors (Lipinski definition) is 1. The van der Waals surface area contributed by atoms with Gasteiger partial charge in [0.25, 0.3) is 5.91 Å². The Kier molecular flexibility index (Phi) is 6.51. The third-order valence-electron chi connectivity index (χ3n) is 4.32. The van der Waals surface area contributed by atoms with Crippen LogP contribution in [0.1, 0.15) is 19.4 Å². The maximum Gasteiger partial charge on any atom is 0.345 e. The zero-order chi connectivity index (χ0) is 22.8. The van der Waals surface area contributed by atoms with Gasteiger partial charge in [0.1, 0.15) is 11.5 Å². The normalized spacial score (nSPS) is 15.2. The monoisotopic (exact) mass is 464 g/mol. The first-order valence-electron chi connectivity index (χ1n) is 9.17. The summed E-state index contributed by atoms with van der Waals surface area (Å²) in [5.41, 5.74) is 0.425. The molecule has 1 aromatic carbocycles. The van der Waals surface area contributed by atoms with E-state index in [9.17, 15) is 13.2 Å². The highest BCUT2D eigenvalue weighted by molar-refractivity contribution is 7.88. The van der Waals surface area contributed by atoms with Crippen molar-refractivity contribution in [2.45, 2.75) is 19.9 Å². The Bertz CT molecular complexity index is 1180. The summed E-state index contributed by atoms with van der Waals surface area (Å²) in [6.07, 6.45) is 2.84. The fourth-order valence-corrected chi connectivity index (χ4v) is 4.58. The number of anilines is 1. The first-order chi connectivity index (χ1) is 14.7. The summed E-state index contributed by atoms with van der Waals surface area (Å²) >= 11 is 5.94. The molecule has 1 N–H and O–H groups in total. The second-order valence-corrected chi connectivity index (χ2v) is 8.66. The van der Waals surface area contributed by atoms with Crippen LogP contribution < -0.4 is 14.8 Å². The largest absolute Gasteiger partial charge is 0.493 e. The van der Waals surface area contributed by atoms with E-state index in [0.717, 1.165) is 4.31 Å². The Labute approximate surface area is 185 Å². The summed E-state index contributed by atoms with van der Waals surface area (Å²) in [6.45, 7) is 3.29. The maximum atomic E-state index is 13.0. The second-order valence-electron chi connectivity index (χ2n) is 6.76. The number of aromatic nitrogens is 1. The summed E-state index contributed by atoms with van der Waals surface area (Å²) in [6, 6.07) is 7.31. The number of rotatable bonds is 6. The molecule has 0 fully saturated rings. The van der Waals surface area contributed by atoms with Crippen LogP contribution in [0, 0.1) is 0 Å². The van der Waals surface area contributed by atoms with E-state index in [4.69, 9.17) is 21.1 Å². The van der Waals surface area contributed by atoms with Crippen molar-refractivity contribution < 1.29 is 22.7 Å². The van der Waals surface area contributed by atoms with Crippen LogP contribution in [0.2, 0.25) is 5.02 Å². The number of carbonyl (C=O) groups excluding carboxylic acids is 1. The molecule has 1 aliphatic rings. The fraction of sp³-hybridized carbons (Fsp3) is 0.250. The van der Waals surface area contributed by atoms with Crippen LogP contribution in [-0.2, 0) is 15.0 Å². The number of allylic oxidation sites excluding steroid dienone is 1. The number of benzene rings is 1. The average molecular weight is 465 g/mol. The molecule has 11 heteroatoms. The van der Waals surface area contributed by atoms with Gasteiger partial charge in [0.05, 0.1) is 19.9 Å². The second kappa shape index (κ2) is 8.94. The van der Waals surface area contributed by atoms with Crippen molar-refractivity contribution in [3.63, 3.8) is 0 Å². The van der Waals surface area contributed by atoms with E-state index in [1.54, 1.807) is 38.1 Å². The van der Waals surface area contributed by atoms with Crippen LogP contribution in [-0.4, -0.2) is 49.6 Å². The number of nitrogens with zero attached hydrogens (tertiary/aromatic N) is 3. The predicted molar refractivity (Wildman–Crippen MR) is 118 cm³/mol. The highest BCUT2D eigenvalue weighted by Gasteiger charge is 2.35. The molecule has 0 radical (unpaired) electrons. The zero-order valence-corrected chi connectivity index (χ0v) is 18.9. The molecule has 0 unspecified atom stereocenters. The van der Waals surface area contributed by atoms with E-state index in [1.807, 2.05) is 0 Å². The molecule has 2 heterocycles. The predicted octanol–water partition coefficient (Wildman–Crippen LogP) is 3.03. The summed E-state index contributed by atoms with van der Waals surface area (Å²) < 4.78 is 41.2. The quantitative estimate of drug-likeness (QED) is 0.703. The minimum absolute atomic E-state index is 0.0852. The molecule has 0 atom stereocenters. The fourth-order valence-electron chi connectivity index (χ4n) is 3.01. The van der Waals surface area contributed by atoms with E-state index < -0.39 is 22.2 Å². The number of methoxy groups -OCH3 is 2. The van der Waals surface area contributed by atoms with Gasteiger partial charge in [0, 0.05) is 22.8 Å². The Balaban J connectivity index is 2.07. The minimum Gasteiger partial charge on any atom is -0.493 e. The molecule has 0 aliphatic carbocycles. The molecule has 0 saturated heterocycles. The van der Waals surface area contributed by atoms with Gasteiger partial charge in [-0.2, -0.15) is 8.42 Å². The van der Waals surface area contributed by atoms with Gasteiger partial charge in [-0.25, -0.2) is 9.29 Å². The minimum atomic E-state index is -4.18. The van der Waals surface area contributed by atoms with Crippen LogP contribution >= 0.6 is 11.6 Å². The molecule has 0 bridgehead atoms. The lowest BCUT2D eigenvalue weighted by Gasteiger charge is -2.30. The van der Waals surface area contributed by atoms with E-state index in [0.29, 0.717) is 22.1 Å². The van der Waals surface area contributed by atoms with Crippen molar-refractivity contribution >= 4 is 39.2 Å². The first kappa shape index (κ1) is 22.6. The maximum absolute atomic E-state index is 13.0. The summed E-state index contributed by atoms with van der Waals surface area (Å²) in [4.78, 5) is 17.0. The van der Waals surface area contributed by atoms with E-state index in [2.05, 4.69) is 14.7 Å². The summed E-state index contributed by atoms with van der Waals surface area (Å²) in [5.74, 6) is 0.395. The van der Waals surface area contributed by atoms with E-state index in [-0.39, 0.29) is 17.2 Å². The number of pyridine rings is 1. The Morgan fingerprint density at radius 2 is 1.84 bits per heavy atom. The third-order valence-corrected chi connectivity index (χ3v) is 6.10. The Morgan fingerprint density at radius 1 is 1.13 bits per heavy atom. The average Bonchev–Trinajstić information content (AvgIpc) is 2.71. The topological polar surface area (TPSA) is 110 Å². The molecule has 0 saturated carbocycles. The van der Waals surface area contributed by atoms with Crippen LogP contribution in [0.15, 0.2) is 52.7 Å². The van der Waals surface area contributed by atoms with Crippen LogP contribution in [0.3, 0.4) is 0 Å². The molecule has 1 aromatic heterocycles. The number of nitrogens with one attached hydrogen (secondary N) is 1. The first-order valence-corrected chi connectivity index (χ1v) is 10.9. The molecule has 3 rings (SSSR count). The van der Waals surface area contributed by atoms with Gasteiger partial charge < -0.3 is 14.8 Å². The molecule has 1 aliphatic heterocycles. The number of ether oxygens (including phenoxy) is 2. The molecule has 1 amide bonds. The van der Waals surface area contributed by atoms with Gasteiger partial charge in [-0.05, 0) is 50.3 Å². The van der Waals surface area contributed by atoms with Gasteiger partial charge in [-0.15, -0.1) is 4.40 Å². The Hall–Kier alpha value is -3.11. The standard InChI is InChI=1S/C20H21ClN4O5S/c1-12(2)25-16(20(26)23-19-10-14(21)7-8-22-19)11-15(24-31(25,27)28)13-5-6-17(29-3)18(9-13)30-4/h5-12H,1-4H3,(H,22,23,26). The van der Waals surface area contributed by atoms with Gasteiger partial charge in [-0.3, -0.25) is 4.79 Å². The van der Waals surface area contributed by atoms with Crippen molar-refractivity contribution in [1.82, 2.24) is 9.29 Å². The van der Waals surface area contributed by atoms with Crippen LogP contribution in [0.5, 0.6) is 11.5 Å². The molecule has 164 valence electrons. The number of hydrogen-bond acceptors (Lipinski definition) is 6. The lowest BCUT2D eigenvalue weighted by atomic mass is 10.1. The molecular formula is C20H21ClN4O5S. The van der Waals surface area contributed by atoms with Crippen molar-refractivity contribution in [3.8, 4) is 11.5 Å². The van der Waals surface area contributed by atoms with E-state index in [1.165, 1.54) is 32.6 Å². The molecular weight excluding hydrogens is 444 g/mol. The van der Waals surface area contributed by atoms with Crippen molar-refractivity contribution in [1.29, 1.82) is 0 Å². The molecule has 2 aromatic rings. The van der Waals surface area contributed by atoms with Crippen LogP contribution in [0.4, 0.5) is 5.82 Å². The van der Waals surface area contributed by atoms with Crippen molar-refractivity contribution in [3.05, 3.63) is 58.9 Å². The molecule has 9 nitrogen and oxygen atoms in total. The SMILES string of the molecule is COc1ccc(C2=NS(=O)(=O)N(C(C)C)C(C(=O)Nc3cc(Cl)ccn3)=C2)cc1OC. The summed E-state index contributed by atoms with van der Waals surface area (Å²) in [5, 5.41) is 2.96. The highest BCUT2D eigenvalue weighted by Crippen LogP contribution is 2.30. The zero-order valence-electron chi connectivity index (χ0n) is 17.3. The van der Waals surface area contributed by atoms with Crippen molar-refractivity contribution in [2.24, 2.45) is 4.40 Å². The number of amides is 1. The van der Waals surface area contributed by atoms with Gasteiger partial charge >= 0.3 is 10.2 Å². The number of halogens is 1. The molecule has 0 spiro atoms.